The van der Waals surface area contributed by atoms with Crippen molar-refractivity contribution in [2.45, 2.75) is 33.2 Å². The van der Waals surface area contributed by atoms with E-state index in [-0.39, 0.29) is 11.4 Å². The van der Waals surface area contributed by atoms with Crippen LogP contribution in [0.2, 0.25) is 0 Å². The highest BCUT2D eigenvalue weighted by Crippen LogP contribution is 2.23. The van der Waals surface area contributed by atoms with Crippen molar-refractivity contribution in [3.05, 3.63) is 11.8 Å². The Morgan fingerprint density at radius 1 is 1.45 bits per heavy atom. The Hall–Kier alpha value is -0.990. The van der Waals surface area contributed by atoms with Crippen molar-refractivity contribution in [1.29, 1.82) is 0 Å². The van der Waals surface area contributed by atoms with E-state index in [0.29, 0.717) is 0 Å². The zero-order valence-electron chi connectivity index (χ0n) is 7.42. The molecule has 0 atom stereocenters. The van der Waals surface area contributed by atoms with Crippen molar-refractivity contribution in [1.82, 2.24) is 9.78 Å². The van der Waals surface area contributed by atoms with Gasteiger partial charge in [-0.25, -0.2) is 4.68 Å². The van der Waals surface area contributed by atoms with E-state index in [1.54, 1.807) is 10.9 Å². The molecular formula is C8H14N2O. The van der Waals surface area contributed by atoms with Gasteiger partial charge in [0.1, 0.15) is 0 Å². The predicted molar refractivity (Wildman–Crippen MR) is 43.6 cm³/mol. The molecule has 62 valence electrons. The molecule has 1 N–H and O–H groups in total. The molecule has 0 saturated heterocycles. The first-order valence-electron chi connectivity index (χ1n) is 3.67. The summed E-state index contributed by atoms with van der Waals surface area (Å²) < 4.78 is 1.61. The van der Waals surface area contributed by atoms with Crippen LogP contribution in [0.3, 0.4) is 0 Å². The van der Waals surface area contributed by atoms with Gasteiger partial charge in [-0.2, -0.15) is 5.10 Å². The third-order valence-electron chi connectivity index (χ3n) is 1.56. The first-order chi connectivity index (χ1) is 4.93. The number of aromatic hydroxyl groups is 1. The maximum absolute atomic E-state index is 9.47. The average molecular weight is 154 g/mol. The molecule has 0 fully saturated rings. The van der Waals surface area contributed by atoms with Gasteiger partial charge in [0, 0.05) is 5.56 Å². The Kier molecular flexibility index (Phi) is 1.66. The first kappa shape index (κ1) is 8.11. The van der Waals surface area contributed by atoms with Crippen LogP contribution in [0.1, 0.15) is 26.3 Å². The second-order valence-corrected chi connectivity index (χ2v) is 3.73. The van der Waals surface area contributed by atoms with Crippen molar-refractivity contribution in [3.63, 3.8) is 0 Å². The summed E-state index contributed by atoms with van der Waals surface area (Å²) in [4.78, 5) is 0. The monoisotopic (exact) mass is 154 g/mol. The van der Waals surface area contributed by atoms with Crippen LogP contribution in [0.15, 0.2) is 6.20 Å². The molecule has 11 heavy (non-hydrogen) atoms. The van der Waals surface area contributed by atoms with E-state index in [2.05, 4.69) is 5.10 Å². The van der Waals surface area contributed by atoms with Gasteiger partial charge < -0.3 is 5.11 Å². The number of nitrogens with zero attached hydrogens (tertiary/aromatic N) is 2. The minimum absolute atomic E-state index is 0.141. The lowest BCUT2D eigenvalue weighted by atomic mass is 10.1. The molecule has 1 aromatic heterocycles. The molecule has 0 aliphatic heterocycles. The SMILES string of the molecule is Cc1cnn(C(C)(C)C)c1O. The van der Waals surface area contributed by atoms with Crippen molar-refractivity contribution in [3.8, 4) is 5.88 Å². The Morgan fingerprint density at radius 2 is 2.00 bits per heavy atom. The minimum atomic E-state index is -0.141. The molecule has 0 saturated carbocycles. The second kappa shape index (κ2) is 2.26. The highest BCUT2D eigenvalue weighted by molar-refractivity contribution is 5.21. The van der Waals surface area contributed by atoms with E-state index in [1.165, 1.54) is 0 Å². The number of rotatable bonds is 0. The van der Waals surface area contributed by atoms with Crippen LogP contribution in [0.4, 0.5) is 0 Å². The Morgan fingerprint density at radius 3 is 2.18 bits per heavy atom. The summed E-state index contributed by atoms with van der Waals surface area (Å²) in [6.07, 6.45) is 1.67. The van der Waals surface area contributed by atoms with Gasteiger partial charge in [0.25, 0.3) is 0 Å². The molecule has 0 spiro atoms. The molecule has 0 unspecified atom stereocenters. The maximum atomic E-state index is 9.47. The molecule has 3 heteroatoms. The molecule has 0 aliphatic carbocycles. The van der Waals surface area contributed by atoms with E-state index in [1.807, 2.05) is 27.7 Å². The molecular weight excluding hydrogens is 140 g/mol. The summed E-state index contributed by atoms with van der Waals surface area (Å²) in [5.41, 5.74) is 0.679. The lowest BCUT2D eigenvalue weighted by Crippen LogP contribution is -2.22. The molecule has 0 bridgehead atoms. The van der Waals surface area contributed by atoms with Crippen molar-refractivity contribution >= 4 is 0 Å². The van der Waals surface area contributed by atoms with Crippen LogP contribution in [0, 0.1) is 6.92 Å². The van der Waals surface area contributed by atoms with Gasteiger partial charge in [-0.05, 0) is 27.7 Å². The Bertz CT molecular complexity index is 258. The van der Waals surface area contributed by atoms with Crippen LogP contribution in [0.5, 0.6) is 5.88 Å². The van der Waals surface area contributed by atoms with Gasteiger partial charge in [0.15, 0.2) is 0 Å². The van der Waals surface area contributed by atoms with Crippen molar-refractivity contribution < 1.29 is 5.11 Å². The summed E-state index contributed by atoms with van der Waals surface area (Å²) in [5.74, 6) is 0.262. The van der Waals surface area contributed by atoms with Gasteiger partial charge in [-0.3, -0.25) is 0 Å². The molecule has 1 aromatic rings. The molecule has 0 amide bonds. The van der Waals surface area contributed by atoms with E-state index in [9.17, 15) is 5.11 Å². The summed E-state index contributed by atoms with van der Waals surface area (Å²) in [7, 11) is 0. The number of hydrogen-bond acceptors (Lipinski definition) is 2. The number of hydrogen-bond donors (Lipinski definition) is 1. The fraction of sp³-hybridized carbons (Fsp3) is 0.625. The molecule has 0 radical (unpaired) electrons. The molecule has 1 heterocycles. The zero-order valence-corrected chi connectivity index (χ0v) is 7.42. The predicted octanol–water partition coefficient (Wildman–Crippen LogP) is 1.65. The quantitative estimate of drug-likeness (QED) is 0.617. The summed E-state index contributed by atoms with van der Waals surface area (Å²) in [5, 5.41) is 13.5. The fourth-order valence-corrected chi connectivity index (χ4v) is 0.915. The van der Waals surface area contributed by atoms with E-state index >= 15 is 0 Å². The molecule has 1 rings (SSSR count). The zero-order chi connectivity index (χ0) is 8.65. The fourth-order valence-electron chi connectivity index (χ4n) is 0.915. The van der Waals surface area contributed by atoms with Crippen LogP contribution in [-0.4, -0.2) is 14.9 Å². The topological polar surface area (TPSA) is 38.0 Å². The third-order valence-corrected chi connectivity index (χ3v) is 1.56. The van der Waals surface area contributed by atoms with Crippen LogP contribution >= 0.6 is 0 Å². The molecule has 3 nitrogen and oxygen atoms in total. The van der Waals surface area contributed by atoms with Gasteiger partial charge in [0.05, 0.1) is 11.7 Å². The van der Waals surface area contributed by atoms with Gasteiger partial charge in [-0.15, -0.1) is 0 Å². The van der Waals surface area contributed by atoms with Gasteiger partial charge >= 0.3 is 0 Å². The van der Waals surface area contributed by atoms with Gasteiger partial charge in [0.2, 0.25) is 5.88 Å². The van der Waals surface area contributed by atoms with E-state index < -0.39 is 0 Å². The molecule has 0 aliphatic rings. The Balaban J connectivity index is 3.15. The van der Waals surface area contributed by atoms with Crippen molar-refractivity contribution in [2.75, 3.05) is 0 Å². The molecule has 0 aromatic carbocycles. The summed E-state index contributed by atoms with van der Waals surface area (Å²) in [6.45, 7) is 7.84. The third kappa shape index (κ3) is 1.37. The largest absolute Gasteiger partial charge is 0.493 e. The second-order valence-electron chi connectivity index (χ2n) is 3.73. The minimum Gasteiger partial charge on any atom is -0.493 e. The highest BCUT2D eigenvalue weighted by atomic mass is 16.3. The highest BCUT2D eigenvalue weighted by Gasteiger charge is 2.18. The van der Waals surface area contributed by atoms with E-state index in [0.717, 1.165) is 5.56 Å². The van der Waals surface area contributed by atoms with E-state index in [4.69, 9.17) is 0 Å². The standard InChI is InChI=1S/C8H14N2O/c1-6-5-9-10(7(6)11)8(2,3)4/h5,11H,1-4H3. The summed E-state index contributed by atoms with van der Waals surface area (Å²) in [6, 6.07) is 0. The summed E-state index contributed by atoms with van der Waals surface area (Å²) >= 11 is 0. The maximum Gasteiger partial charge on any atom is 0.212 e. The number of aromatic nitrogens is 2. The van der Waals surface area contributed by atoms with Crippen LogP contribution in [-0.2, 0) is 5.54 Å². The average Bonchev–Trinajstić information content (AvgIpc) is 2.11. The lowest BCUT2D eigenvalue weighted by molar-refractivity contribution is 0.294. The van der Waals surface area contributed by atoms with Gasteiger partial charge in [-0.1, -0.05) is 0 Å². The van der Waals surface area contributed by atoms with Crippen molar-refractivity contribution in [2.24, 2.45) is 0 Å². The van der Waals surface area contributed by atoms with Crippen LogP contribution < -0.4 is 0 Å². The van der Waals surface area contributed by atoms with Crippen LogP contribution in [0.25, 0.3) is 0 Å². The first-order valence-corrected chi connectivity index (χ1v) is 3.67. The number of aryl methyl sites for hydroxylation is 1. The normalized spacial score (nSPS) is 12.0. The smallest absolute Gasteiger partial charge is 0.212 e. The Labute approximate surface area is 66.7 Å². The lowest BCUT2D eigenvalue weighted by Gasteiger charge is -2.19.